The van der Waals surface area contributed by atoms with Gasteiger partial charge in [-0.15, -0.1) is 0 Å². The lowest BCUT2D eigenvalue weighted by atomic mass is 10.1. The van der Waals surface area contributed by atoms with E-state index in [1.165, 1.54) is 0 Å². The number of esters is 1. The summed E-state index contributed by atoms with van der Waals surface area (Å²) in [5.74, 6) is -2.30. The quantitative estimate of drug-likeness (QED) is 0.495. The van der Waals surface area contributed by atoms with Gasteiger partial charge in [-0.2, -0.15) is 0 Å². The number of carbonyl (C=O) groups is 4. The fraction of sp³-hybridized carbons (Fsp3) is 0.0833. The molecule has 0 aromatic heterocycles. The first-order valence-corrected chi connectivity index (χ1v) is 9.59. The molecule has 0 saturated carbocycles. The Morgan fingerprint density at radius 2 is 1.29 bits per heavy atom. The van der Waals surface area contributed by atoms with E-state index in [-0.39, 0.29) is 11.1 Å². The second-order valence-electron chi connectivity index (χ2n) is 6.86. The monoisotopic (exact) mass is 414 g/mol. The van der Waals surface area contributed by atoms with Crippen molar-refractivity contribution in [3.8, 4) is 0 Å². The van der Waals surface area contributed by atoms with Gasteiger partial charge in [0, 0.05) is 5.56 Å². The zero-order valence-electron chi connectivity index (χ0n) is 16.4. The summed E-state index contributed by atoms with van der Waals surface area (Å²) in [5, 5.41) is 2.66. The molecule has 31 heavy (non-hydrogen) atoms. The molecule has 1 heterocycles. The predicted octanol–water partition coefficient (Wildman–Crippen LogP) is 2.95. The normalized spacial score (nSPS) is 13.5. The zero-order valence-corrected chi connectivity index (χ0v) is 16.4. The van der Waals surface area contributed by atoms with Gasteiger partial charge in [-0.3, -0.25) is 14.4 Å². The van der Waals surface area contributed by atoms with Crippen LogP contribution in [0.3, 0.4) is 0 Å². The summed E-state index contributed by atoms with van der Waals surface area (Å²) >= 11 is 0. The Morgan fingerprint density at radius 3 is 1.87 bits per heavy atom. The van der Waals surface area contributed by atoms with E-state index in [0.717, 1.165) is 4.90 Å². The number of hydrogen-bond donors (Lipinski definition) is 1. The minimum absolute atomic E-state index is 0.264. The van der Waals surface area contributed by atoms with Crippen LogP contribution in [0.4, 0.5) is 0 Å². The largest absolute Gasteiger partial charge is 0.442 e. The van der Waals surface area contributed by atoms with Gasteiger partial charge >= 0.3 is 5.97 Å². The van der Waals surface area contributed by atoms with Crippen LogP contribution in [0.1, 0.15) is 42.7 Å². The van der Waals surface area contributed by atoms with Gasteiger partial charge in [0.25, 0.3) is 17.7 Å². The molecule has 1 N–H and O–H groups in total. The highest BCUT2D eigenvalue weighted by Crippen LogP contribution is 2.23. The SMILES string of the molecule is O=C(NC(C(=O)OCN1C(=O)c2ccccc2C1=O)c1ccccc1)c1ccccc1. The molecular weight excluding hydrogens is 396 g/mol. The van der Waals surface area contributed by atoms with E-state index in [9.17, 15) is 19.2 Å². The number of hydrogen-bond acceptors (Lipinski definition) is 5. The molecule has 0 spiro atoms. The van der Waals surface area contributed by atoms with Crippen LogP contribution in [0.25, 0.3) is 0 Å². The fourth-order valence-corrected chi connectivity index (χ4v) is 3.30. The van der Waals surface area contributed by atoms with E-state index in [1.54, 1.807) is 84.9 Å². The zero-order chi connectivity index (χ0) is 21.8. The summed E-state index contributed by atoms with van der Waals surface area (Å²) in [4.78, 5) is 51.3. The van der Waals surface area contributed by atoms with Crippen molar-refractivity contribution in [3.63, 3.8) is 0 Å². The maximum absolute atomic E-state index is 12.9. The first kappa shape index (κ1) is 20.0. The molecule has 1 atom stereocenters. The van der Waals surface area contributed by atoms with Gasteiger partial charge in [0.15, 0.2) is 12.8 Å². The molecule has 3 amide bonds. The Bertz CT molecular complexity index is 1110. The minimum atomic E-state index is -1.11. The van der Waals surface area contributed by atoms with Crippen LogP contribution >= 0.6 is 0 Å². The van der Waals surface area contributed by atoms with E-state index >= 15 is 0 Å². The molecule has 4 rings (SSSR count). The predicted molar refractivity (Wildman–Crippen MR) is 111 cm³/mol. The Hall–Kier alpha value is -4.26. The first-order valence-electron chi connectivity index (χ1n) is 9.59. The third-order valence-corrected chi connectivity index (χ3v) is 4.89. The highest BCUT2D eigenvalue weighted by Gasteiger charge is 2.36. The van der Waals surface area contributed by atoms with Crippen molar-refractivity contribution >= 4 is 23.7 Å². The molecule has 1 aliphatic heterocycles. The topological polar surface area (TPSA) is 92.8 Å². The number of imide groups is 1. The summed E-state index contributed by atoms with van der Waals surface area (Å²) in [6.45, 7) is -0.546. The summed E-state index contributed by atoms with van der Waals surface area (Å²) in [7, 11) is 0. The summed E-state index contributed by atoms with van der Waals surface area (Å²) < 4.78 is 5.28. The minimum Gasteiger partial charge on any atom is -0.442 e. The maximum atomic E-state index is 12.9. The Balaban J connectivity index is 1.50. The van der Waals surface area contributed by atoms with Crippen LogP contribution < -0.4 is 5.32 Å². The number of ether oxygens (including phenoxy) is 1. The van der Waals surface area contributed by atoms with Crippen LogP contribution in [0.5, 0.6) is 0 Å². The molecular formula is C24H18N2O5. The van der Waals surface area contributed by atoms with Crippen molar-refractivity contribution in [3.05, 3.63) is 107 Å². The second kappa shape index (κ2) is 8.62. The summed E-state index contributed by atoms with van der Waals surface area (Å²) in [6.07, 6.45) is 0. The number of carbonyl (C=O) groups excluding carboxylic acids is 4. The van der Waals surface area contributed by atoms with Crippen LogP contribution in [0, 0.1) is 0 Å². The second-order valence-corrected chi connectivity index (χ2v) is 6.86. The standard InChI is InChI=1S/C24H18N2O5/c27-21(17-11-5-2-6-12-17)25-20(16-9-3-1-4-10-16)24(30)31-15-26-22(28)18-13-7-8-14-19(18)23(26)29/h1-14,20H,15H2,(H,25,27). The highest BCUT2D eigenvalue weighted by molar-refractivity contribution is 6.21. The fourth-order valence-electron chi connectivity index (χ4n) is 3.30. The summed E-state index contributed by atoms with van der Waals surface area (Å²) in [5.41, 5.74) is 1.43. The van der Waals surface area contributed by atoms with Crippen molar-refractivity contribution < 1.29 is 23.9 Å². The van der Waals surface area contributed by atoms with Crippen LogP contribution in [-0.2, 0) is 9.53 Å². The lowest BCUT2D eigenvalue weighted by Gasteiger charge is -2.20. The number of rotatable bonds is 6. The molecule has 7 heteroatoms. The molecule has 0 radical (unpaired) electrons. The smallest absolute Gasteiger partial charge is 0.335 e. The van der Waals surface area contributed by atoms with Crippen LogP contribution in [-0.4, -0.2) is 35.3 Å². The van der Waals surface area contributed by atoms with E-state index in [0.29, 0.717) is 11.1 Å². The molecule has 1 aliphatic rings. The molecule has 0 bridgehead atoms. The van der Waals surface area contributed by atoms with Gasteiger partial charge in [-0.1, -0.05) is 60.7 Å². The lowest BCUT2D eigenvalue weighted by Crippen LogP contribution is -2.38. The Kier molecular flexibility index (Phi) is 5.57. The van der Waals surface area contributed by atoms with Crippen molar-refractivity contribution in [2.45, 2.75) is 6.04 Å². The van der Waals surface area contributed by atoms with Gasteiger partial charge in [-0.05, 0) is 29.8 Å². The molecule has 7 nitrogen and oxygen atoms in total. The van der Waals surface area contributed by atoms with Crippen molar-refractivity contribution in [1.29, 1.82) is 0 Å². The van der Waals surface area contributed by atoms with E-state index in [4.69, 9.17) is 4.74 Å². The summed E-state index contributed by atoms with van der Waals surface area (Å²) in [6, 6.07) is 22.4. The van der Waals surface area contributed by atoms with Gasteiger partial charge in [0.1, 0.15) is 0 Å². The molecule has 3 aromatic rings. The van der Waals surface area contributed by atoms with E-state index < -0.39 is 36.5 Å². The Morgan fingerprint density at radius 1 is 0.774 bits per heavy atom. The van der Waals surface area contributed by atoms with Crippen LogP contribution in [0.15, 0.2) is 84.9 Å². The maximum Gasteiger partial charge on any atom is 0.335 e. The van der Waals surface area contributed by atoms with Gasteiger partial charge < -0.3 is 10.1 Å². The molecule has 3 aromatic carbocycles. The van der Waals surface area contributed by atoms with Crippen molar-refractivity contribution in [2.75, 3.05) is 6.73 Å². The number of nitrogens with zero attached hydrogens (tertiary/aromatic N) is 1. The van der Waals surface area contributed by atoms with Crippen molar-refractivity contribution in [2.24, 2.45) is 0 Å². The van der Waals surface area contributed by atoms with Gasteiger partial charge in [0.05, 0.1) is 11.1 Å². The number of amides is 3. The van der Waals surface area contributed by atoms with Gasteiger partial charge in [0.2, 0.25) is 0 Å². The molecule has 0 fully saturated rings. The molecule has 0 aliphatic carbocycles. The average molecular weight is 414 g/mol. The average Bonchev–Trinajstić information content (AvgIpc) is 3.06. The molecule has 0 saturated heterocycles. The van der Waals surface area contributed by atoms with E-state index in [2.05, 4.69) is 5.32 Å². The first-order chi connectivity index (χ1) is 15.1. The Labute approximate surface area is 178 Å². The highest BCUT2D eigenvalue weighted by atomic mass is 16.5. The molecule has 154 valence electrons. The third kappa shape index (κ3) is 4.06. The third-order valence-electron chi connectivity index (χ3n) is 4.89. The number of nitrogens with one attached hydrogen (secondary N) is 1. The number of benzene rings is 3. The van der Waals surface area contributed by atoms with Crippen molar-refractivity contribution in [1.82, 2.24) is 10.2 Å². The van der Waals surface area contributed by atoms with Gasteiger partial charge in [-0.25, -0.2) is 9.69 Å². The lowest BCUT2D eigenvalue weighted by molar-refractivity contribution is -0.148. The molecule has 1 unspecified atom stereocenters. The number of fused-ring (bicyclic) bond motifs is 1. The van der Waals surface area contributed by atoms with E-state index in [1.807, 2.05) is 0 Å². The van der Waals surface area contributed by atoms with Crippen LogP contribution in [0.2, 0.25) is 0 Å².